The number of hydrogen-bond acceptors (Lipinski definition) is 5. The first-order chi connectivity index (χ1) is 7.18. The summed E-state index contributed by atoms with van der Waals surface area (Å²) in [6.07, 6.45) is 3.56. The molecule has 0 saturated carbocycles. The van der Waals surface area contributed by atoms with Crippen LogP contribution < -0.4 is 5.73 Å². The lowest BCUT2D eigenvalue weighted by atomic mass is 10.1. The van der Waals surface area contributed by atoms with Crippen molar-refractivity contribution in [3.05, 3.63) is 29.2 Å². The zero-order chi connectivity index (χ0) is 10.8. The van der Waals surface area contributed by atoms with Crippen molar-refractivity contribution in [3.8, 4) is 10.7 Å². The second-order valence-electron chi connectivity index (χ2n) is 3.39. The Hall–Kier alpha value is -1.33. The summed E-state index contributed by atoms with van der Waals surface area (Å²) in [7, 11) is 0. The summed E-state index contributed by atoms with van der Waals surface area (Å²) in [4.78, 5) is 13.7. The SMILES string of the molecule is Cc1nc(-c2cncs2)ncc1[C@@H](C)N. The summed E-state index contributed by atoms with van der Waals surface area (Å²) in [5.41, 5.74) is 9.49. The van der Waals surface area contributed by atoms with Gasteiger partial charge in [0, 0.05) is 29.7 Å². The summed E-state index contributed by atoms with van der Waals surface area (Å²) in [6, 6.07) is -0.0273. The topological polar surface area (TPSA) is 64.7 Å². The second-order valence-corrected chi connectivity index (χ2v) is 4.28. The molecular weight excluding hydrogens is 208 g/mol. The molecule has 0 bridgehead atoms. The lowest BCUT2D eigenvalue weighted by molar-refractivity contribution is 0.790. The van der Waals surface area contributed by atoms with E-state index < -0.39 is 0 Å². The van der Waals surface area contributed by atoms with E-state index in [2.05, 4.69) is 15.0 Å². The third kappa shape index (κ3) is 2.03. The van der Waals surface area contributed by atoms with Crippen molar-refractivity contribution in [2.75, 3.05) is 0 Å². The smallest absolute Gasteiger partial charge is 0.171 e. The highest BCUT2D eigenvalue weighted by Gasteiger charge is 2.09. The van der Waals surface area contributed by atoms with E-state index in [-0.39, 0.29) is 6.04 Å². The normalized spacial score (nSPS) is 12.7. The van der Waals surface area contributed by atoms with E-state index in [1.807, 2.05) is 13.8 Å². The van der Waals surface area contributed by atoms with Gasteiger partial charge in [-0.15, -0.1) is 11.3 Å². The van der Waals surface area contributed by atoms with E-state index in [1.165, 1.54) is 11.3 Å². The summed E-state index contributed by atoms with van der Waals surface area (Å²) in [5.74, 6) is 0.722. The van der Waals surface area contributed by atoms with Crippen LogP contribution >= 0.6 is 11.3 Å². The van der Waals surface area contributed by atoms with Crippen LogP contribution in [0.5, 0.6) is 0 Å². The van der Waals surface area contributed by atoms with Crippen LogP contribution in [0.1, 0.15) is 24.2 Å². The average molecular weight is 220 g/mol. The fraction of sp³-hybridized carbons (Fsp3) is 0.300. The van der Waals surface area contributed by atoms with Crippen molar-refractivity contribution in [1.82, 2.24) is 15.0 Å². The Morgan fingerprint density at radius 1 is 1.40 bits per heavy atom. The maximum absolute atomic E-state index is 5.79. The highest BCUT2D eigenvalue weighted by molar-refractivity contribution is 7.13. The molecule has 4 nitrogen and oxygen atoms in total. The minimum absolute atomic E-state index is 0.0273. The molecule has 0 amide bonds. The van der Waals surface area contributed by atoms with Crippen molar-refractivity contribution in [3.63, 3.8) is 0 Å². The molecule has 0 radical (unpaired) electrons. The third-order valence-corrected chi connectivity index (χ3v) is 2.93. The van der Waals surface area contributed by atoms with E-state index in [4.69, 9.17) is 5.73 Å². The van der Waals surface area contributed by atoms with Crippen LogP contribution in [-0.2, 0) is 0 Å². The number of aryl methyl sites for hydroxylation is 1. The number of nitrogens with two attached hydrogens (primary N) is 1. The van der Waals surface area contributed by atoms with E-state index in [0.717, 1.165) is 22.0 Å². The van der Waals surface area contributed by atoms with Gasteiger partial charge in [0.25, 0.3) is 0 Å². The summed E-state index contributed by atoms with van der Waals surface area (Å²) < 4.78 is 0. The zero-order valence-corrected chi connectivity index (χ0v) is 9.45. The highest BCUT2D eigenvalue weighted by atomic mass is 32.1. The number of rotatable bonds is 2. The predicted octanol–water partition coefficient (Wildman–Crippen LogP) is 1.93. The maximum Gasteiger partial charge on any atom is 0.171 e. The van der Waals surface area contributed by atoms with Crippen molar-refractivity contribution in [1.29, 1.82) is 0 Å². The van der Waals surface area contributed by atoms with Crippen LogP contribution in [0.25, 0.3) is 10.7 Å². The van der Waals surface area contributed by atoms with E-state index in [9.17, 15) is 0 Å². The molecule has 2 aromatic rings. The molecule has 0 aromatic carbocycles. The van der Waals surface area contributed by atoms with Crippen LogP contribution in [0.3, 0.4) is 0 Å². The van der Waals surface area contributed by atoms with Gasteiger partial charge < -0.3 is 5.73 Å². The molecule has 0 aliphatic carbocycles. The molecule has 0 saturated heterocycles. The Morgan fingerprint density at radius 3 is 2.73 bits per heavy atom. The lowest BCUT2D eigenvalue weighted by Gasteiger charge is -2.08. The minimum Gasteiger partial charge on any atom is -0.324 e. The third-order valence-electron chi connectivity index (χ3n) is 2.16. The minimum atomic E-state index is -0.0273. The molecule has 0 aliphatic heterocycles. The molecular formula is C10H12N4S. The number of thiazole rings is 1. The second kappa shape index (κ2) is 4.04. The molecule has 2 N–H and O–H groups in total. The van der Waals surface area contributed by atoms with Crippen LogP contribution in [0, 0.1) is 6.92 Å². The Morgan fingerprint density at radius 2 is 2.20 bits per heavy atom. The van der Waals surface area contributed by atoms with E-state index >= 15 is 0 Å². The molecule has 2 heterocycles. The van der Waals surface area contributed by atoms with Gasteiger partial charge in [0.15, 0.2) is 5.82 Å². The first-order valence-corrected chi connectivity index (χ1v) is 5.54. The number of aromatic nitrogens is 3. The van der Waals surface area contributed by atoms with Gasteiger partial charge in [0.2, 0.25) is 0 Å². The molecule has 0 aliphatic rings. The van der Waals surface area contributed by atoms with Gasteiger partial charge in [-0.05, 0) is 13.8 Å². The summed E-state index contributed by atoms with van der Waals surface area (Å²) in [5, 5.41) is 0. The number of hydrogen-bond donors (Lipinski definition) is 1. The zero-order valence-electron chi connectivity index (χ0n) is 8.64. The molecule has 5 heteroatoms. The Balaban J connectivity index is 2.42. The predicted molar refractivity (Wildman–Crippen MR) is 60.5 cm³/mol. The lowest BCUT2D eigenvalue weighted by Crippen LogP contribution is -2.09. The van der Waals surface area contributed by atoms with Gasteiger partial charge in [-0.25, -0.2) is 9.97 Å². The number of nitrogens with zero attached hydrogens (tertiary/aromatic N) is 3. The molecule has 0 spiro atoms. The Labute approximate surface area is 92.2 Å². The monoisotopic (exact) mass is 220 g/mol. The Bertz CT molecular complexity index is 450. The highest BCUT2D eigenvalue weighted by Crippen LogP contribution is 2.21. The van der Waals surface area contributed by atoms with Gasteiger partial charge in [0.1, 0.15) is 0 Å². The van der Waals surface area contributed by atoms with Gasteiger partial charge in [0.05, 0.1) is 10.4 Å². The van der Waals surface area contributed by atoms with Crippen LogP contribution in [0.15, 0.2) is 17.9 Å². The summed E-state index contributed by atoms with van der Waals surface area (Å²) >= 11 is 1.53. The van der Waals surface area contributed by atoms with Crippen molar-refractivity contribution < 1.29 is 0 Å². The van der Waals surface area contributed by atoms with Gasteiger partial charge in [-0.2, -0.15) is 0 Å². The fourth-order valence-electron chi connectivity index (χ4n) is 1.37. The first kappa shape index (κ1) is 10.2. The molecule has 0 unspecified atom stereocenters. The quantitative estimate of drug-likeness (QED) is 0.839. The molecule has 2 rings (SSSR count). The summed E-state index contributed by atoms with van der Waals surface area (Å²) in [6.45, 7) is 3.88. The standard InChI is InChI=1S/C10H12N4S/c1-6(11)8-3-13-10(14-7(8)2)9-4-12-5-15-9/h3-6H,11H2,1-2H3/t6-/m1/s1. The average Bonchev–Trinajstić information content (AvgIpc) is 2.69. The van der Waals surface area contributed by atoms with Crippen molar-refractivity contribution in [2.24, 2.45) is 5.73 Å². The molecule has 78 valence electrons. The fourth-order valence-corrected chi connectivity index (χ4v) is 1.93. The van der Waals surface area contributed by atoms with Gasteiger partial charge >= 0.3 is 0 Å². The first-order valence-electron chi connectivity index (χ1n) is 4.66. The largest absolute Gasteiger partial charge is 0.324 e. The van der Waals surface area contributed by atoms with Gasteiger partial charge in [-0.3, -0.25) is 4.98 Å². The van der Waals surface area contributed by atoms with Crippen LogP contribution in [0.4, 0.5) is 0 Å². The molecule has 0 fully saturated rings. The van der Waals surface area contributed by atoms with Crippen molar-refractivity contribution >= 4 is 11.3 Å². The van der Waals surface area contributed by atoms with Crippen molar-refractivity contribution in [2.45, 2.75) is 19.9 Å². The molecule has 15 heavy (non-hydrogen) atoms. The van der Waals surface area contributed by atoms with E-state index in [0.29, 0.717) is 0 Å². The Kier molecular flexibility index (Phi) is 2.75. The maximum atomic E-state index is 5.79. The van der Waals surface area contributed by atoms with Crippen LogP contribution in [0.2, 0.25) is 0 Å². The van der Waals surface area contributed by atoms with Crippen LogP contribution in [-0.4, -0.2) is 15.0 Å². The molecule has 1 atom stereocenters. The van der Waals surface area contributed by atoms with E-state index in [1.54, 1.807) is 17.9 Å². The molecule has 2 aromatic heterocycles. The van der Waals surface area contributed by atoms with Gasteiger partial charge in [-0.1, -0.05) is 0 Å².